The fourth-order valence-corrected chi connectivity index (χ4v) is 3.37. The Morgan fingerprint density at radius 3 is 2.67 bits per heavy atom. The van der Waals surface area contributed by atoms with Gasteiger partial charge in [-0.1, -0.05) is 12.1 Å². The number of fused-ring (bicyclic) bond motifs is 2. The van der Waals surface area contributed by atoms with E-state index in [9.17, 15) is 9.18 Å². The summed E-state index contributed by atoms with van der Waals surface area (Å²) in [6, 6.07) is 9.85. The van der Waals surface area contributed by atoms with Crippen LogP contribution in [-0.2, 0) is 6.42 Å². The fourth-order valence-electron chi connectivity index (χ4n) is 3.37. The van der Waals surface area contributed by atoms with Gasteiger partial charge in [-0.15, -0.1) is 0 Å². The molecule has 0 aromatic heterocycles. The molecule has 1 atom stereocenters. The lowest BCUT2D eigenvalue weighted by Gasteiger charge is -2.29. The zero-order valence-electron chi connectivity index (χ0n) is 13.2. The van der Waals surface area contributed by atoms with Gasteiger partial charge in [-0.2, -0.15) is 0 Å². The normalized spacial score (nSPS) is 18.6. The summed E-state index contributed by atoms with van der Waals surface area (Å²) < 4.78 is 25.1. The van der Waals surface area contributed by atoms with Gasteiger partial charge in [-0.05, 0) is 54.7 Å². The van der Waals surface area contributed by atoms with E-state index in [-0.39, 0.29) is 17.5 Å². The van der Waals surface area contributed by atoms with Crippen molar-refractivity contribution in [2.75, 3.05) is 13.2 Å². The minimum atomic E-state index is -0.506. The Hall–Kier alpha value is -2.56. The van der Waals surface area contributed by atoms with Crippen LogP contribution in [0.2, 0.25) is 0 Å². The van der Waals surface area contributed by atoms with Gasteiger partial charge in [0.25, 0.3) is 5.91 Å². The summed E-state index contributed by atoms with van der Waals surface area (Å²) in [7, 11) is 0. The maximum atomic E-state index is 13.8. The highest BCUT2D eigenvalue weighted by Crippen LogP contribution is 2.39. The summed E-state index contributed by atoms with van der Waals surface area (Å²) >= 11 is 0. The van der Waals surface area contributed by atoms with E-state index >= 15 is 0 Å². The molecule has 1 heterocycles. The molecule has 1 amide bonds. The molecule has 124 valence electrons. The van der Waals surface area contributed by atoms with Crippen LogP contribution in [0.1, 0.15) is 40.4 Å². The number of benzene rings is 2. The van der Waals surface area contributed by atoms with Gasteiger partial charge in [0.2, 0.25) is 0 Å². The third-order valence-electron chi connectivity index (χ3n) is 4.54. The molecule has 2 aromatic rings. The maximum Gasteiger partial charge on any atom is 0.254 e. The second-order valence-corrected chi connectivity index (χ2v) is 6.09. The second-order valence-electron chi connectivity index (χ2n) is 6.09. The minimum Gasteiger partial charge on any atom is -0.486 e. The first-order valence-corrected chi connectivity index (χ1v) is 8.20. The molecule has 4 rings (SSSR count). The molecule has 2 aromatic carbocycles. The highest BCUT2D eigenvalue weighted by Gasteiger charge is 2.26. The van der Waals surface area contributed by atoms with Crippen molar-refractivity contribution < 1.29 is 18.7 Å². The number of aryl methyl sites for hydroxylation is 1. The van der Waals surface area contributed by atoms with Crippen molar-refractivity contribution >= 4 is 5.91 Å². The van der Waals surface area contributed by atoms with Gasteiger partial charge in [0.15, 0.2) is 11.5 Å². The Bertz CT molecular complexity index is 790. The van der Waals surface area contributed by atoms with E-state index < -0.39 is 5.82 Å². The van der Waals surface area contributed by atoms with Gasteiger partial charge in [0.05, 0.1) is 11.6 Å². The Labute approximate surface area is 139 Å². The molecule has 1 aliphatic carbocycles. The average molecular weight is 327 g/mol. The first kappa shape index (κ1) is 15.0. The molecule has 4 nitrogen and oxygen atoms in total. The SMILES string of the molecule is O=C(NC1CCCc2cc3c(cc21)OCCO3)c1ccccc1F. The summed E-state index contributed by atoms with van der Waals surface area (Å²) in [6.07, 6.45) is 2.74. The van der Waals surface area contributed by atoms with E-state index in [1.165, 1.54) is 12.1 Å². The number of nitrogens with one attached hydrogen (secondary N) is 1. The number of carbonyl (C=O) groups excluding carboxylic acids is 1. The van der Waals surface area contributed by atoms with Crippen LogP contribution in [0.3, 0.4) is 0 Å². The zero-order valence-corrected chi connectivity index (χ0v) is 13.2. The van der Waals surface area contributed by atoms with Gasteiger partial charge in [-0.25, -0.2) is 4.39 Å². The molecule has 1 N–H and O–H groups in total. The Kier molecular flexibility index (Phi) is 3.84. The average Bonchev–Trinajstić information content (AvgIpc) is 2.61. The number of amides is 1. The molecule has 0 spiro atoms. The van der Waals surface area contributed by atoms with Crippen molar-refractivity contribution in [2.24, 2.45) is 0 Å². The van der Waals surface area contributed by atoms with Gasteiger partial charge >= 0.3 is 0 Å². The minimum absolute atomic E-state index is 0.0715. The van der Waals surface area contributed by atoms with Crippen LogP contribution in [-0.4, -0.2) is 19.1 Å². The van der Waals surface area contributed by atoms with Gasteiger partial charge < -0.3 is 14.8 Å². The molecule has 0 bridgehead atoms. The first-order valence-electron chi connectivity index (χ1n) is 8.20. The van der Waals surface area contributed by atoms with Crippen LogP contribution < -0.4 is 14.8 Å². The first-order chi connectivity index (χ1) is 11.7. The van der Waals surface area contributed by atoms with Crippen LogP contribution >= 0.6 is 0 Å². The lowest BCUT2D eigenvalue weighted by Crippen LogP contribution is -2.31. The molecular weight excluding hydrogens is 309 g/mol. The van der Waals surface area contributed by atoms with E-state index in [2.05, 4.69) is 5.32 Å². The number of ether oxygens (including phenoxy) is 2. The largest absolute Gasteiger partial charge is 0.486 e. The molecule has 1 aliphatic heterocycles. The fraction of sp³-hybridized carbons (Fsp3) is 0.316. The van der Waals surface area contributed by atoms with Crippen LogP contribution in [0.25, 0.3) is 0 Å². The highest BCUT2D eigenvalue weighted by atomic mass is 19.1. The summed E-state index contributed by atoms with van der Waals surface area (Å²) in [5.41, 5.74) is 2.27. The summed E-state index contributed by atoms with van der Waals surface area (Å²) in [6.45, 7) is 1.08. The van der Waals surface area contributed by atoms with Crippen molar-refractivity contribution in [1.29, 1.82) is 0 Å². The van der Waals surface area contributed by atoms with E-state index in [1.54, 1.807) is 12.1 Å². The Morgan fingerprint density at radius 2 is 1.88 bits per heavy atom. The molecule has 1 unspecified atom stereocenters. The second kappa shape index (κ2) is 6.15. The quantitative estimate of drug-likeness (QED) is 0.919. The summed E-state index contributed by atoms with van der Waals surface area (Å²) in [5.74, 6) is 0.585. The molecule has 5 heteroatoms. The zero-order chi connectivity index (χ0) is 16.5. The van der Waals surface area contributed by atoms with Gasteiger partial charge in [0.1, 0.15) is 19.0 Å². The van der Waals surface area contributed by atoms with Crippen LogP contribution in [0, 0.1) is 5.82 Å². The van der Waals surface area contributed by atoms with Crippen molar-refractivity contribution in [1.82, 2.24) is 5.32 Å². The topological polar surface area (TPSA) is 47.6 Å². The number of hydrogen-bond acceptors (Lipinski definition) is 3. The smallest absolute Gasteiger partial charge is 0.254 e. The van der Waals surface area contributed by atoms with Gasteiger partial charge in [0, 0.05) is 0 Å². The number of halogens is 1. The number of carbonyl (C=O) groups is 1. The highest BCUT2D eigenvalue weighted by molar-refractivity contribution is 5.94. The van der Waals surface area contributed by atoms with Gasteiger partial charge in [-0.3, -0.25) is 4.79 Å². The van der Waals surface area contributed by atoms with Crippen molar-refractivity contribution in [3.05, 3.63) is 58.9 Å². The van der Waals surface area contributed by atoms with Crippen LogP contribution in [0.15, 0.2) is 36.4 Å². The lowest BCUT2D eigenvalue weighted by molar-refractivity contribution is 0.0928. The molecule has 0 saturated heterocycles. The lowest BCUT2D eigenvalue weighted by atomic mass is 9.87. The van der Waals surface area contributed by atoms with E-state index in [0.717, 1.165) is 36.1 Å². The third kappa shape index (κ3) is 2.70. The monoisotopic (exact) mass is 327 g/mol. The predicted octanol–water partition coefficient (Wildman–Crippen LogP) is 3.40. The third-order valence-corrected chi connectivity index (χ3v) is 4.54. The standard InChI is InChI=1S/C19H18FNO3/c20-15-6-2-1-5-13(15)19(22)21-16-7-3-4-12-10-17-18(11-14(12)16)24-9-8-23-17/h1-2,5-6,10-11,16H,3-4,7-9H2,(H,21,22). The van der Waals surface area contributed by atoms with Crippen molar-refractivity contribution in [3.8, 4) is 11.5 Å². The summed E-state index contributed by atoms with van der Waals surface area (Å²) in [5, 5.41) is 2.96. The Balaban J connectivity index is 1.62. The predicted molar refractivity (Wildman–Crippen MR) is 87.0 cm³/mol. The molecular formula is C19H18FNO3. The molecule has 2 aliphatic rings. The molecule has 24 heavy (non-hydrogen) atoms. The van der Waals surface area contributed by atoms with E-state index in [4.69, 9.17) is 9.47 Å². The van der Waals surface area contributed by atoms with Crippen LogP contribution in [0.5, 0.6) is 11.5 Å². The van der Waals surface area contributed by atoms with Crippen molar-refractivity contribution in [3.63, 3.8) is 0 Å². The Morgan fingerprint density at radius 1 is 1.12 bits per heavy atom. The van der Waals surface area contributed by atoms with Crippen molar-refractivity contribution in [2.45, 2.75) is 25.3 Å². The summed E-state index contributed by atoms with van der Waals surface area (Å²) in [4.78, 5) is 12.4. The van der Waals surface area contributed by atoms with Crippen LogP contribution in [0.4, 0.5) is 4.39 Å². The van der Waals surface area contributed by atoms with E-state index in [1.807, 2.05) is 12.1 Å². The molecule has 0 fully saturated rings. The molecule has 0 saturated carbocycles. The maximum absolute atomic E-state index is 13.8. The van der Waals surface area contributed by atoms with E-state index in [0.29, 0.717) is 19.0 Å². The number of rotatable bonds is 2. The number of hydrogen-bond donors (Lipinski definition) is 1. The molecule has 0 radical (unpaired) electrons.